The molecule has 0 bridgehead atoms. The Balaban J connectivity index is 2.29. The third-order valence-electron chi connectivity index (χ3n) is 2.69. The predicted octanol–water partition coefficient (Wildman–Crippen LogP) is 4.68. The standard InChI is InChI=1S/C15H15BrO2/c1-2-14(17)13-8-3-4-9-15(13)18-12-7-5-6-11(16)10-12/h3-10,14,17H,2H2,1H3. The van der Waals surface area contributed by atoms with E-state index in [9.17, 15) is 5.11 Å². The van der Waals surface area contributed by atoms with Crippen LogP contribution in [0, 0.1) is 0 Å². The van der Waals surface area contributed by atoms with Crippen molar-refractivity contribution in [3.63, 3.8) is 0 Å². The van der Waals surface area contributed by atoms with Crippen LogP contribution in [0.3, 0.4) is 0 Å². The number of hydrogen-bond donors (Lipinski definition) is 1. The highest BCUT2D eigenvalue weighted by Gasteiger charge is 2.11. The van der Waals surface area contributed by atoms with Crippen molar-refractivity contribution in [2.24, 2.45) is 0 Å². The van der Waals surface area contributed by atoms with Crippen molar-refractivity contribution < 1.29 is 9.84 Å². The molecule has 0 heterocycles. The van der Waals surface area contributed by atoms with Gasteiger partial charge in [-0.15, -0.1) is 0 Å². The second-order valence-electron chi connectivity index (χ2n) is 4.02. The van der Waals surface area contributed by atoms with Crippen molar-refractivity contribution in [2.45, 2.75) is 19.4 Å². The molecule has 1 atom stereocenters. The van der Waals surface area contributed by atoms with Crippen LogP contribution in [0.2, 0.25) is 0 Å². The van der Waals surface area contributed by atoms with E-state index in [0.29, 0.717) is 12.2 Å². The van der Waals surface area contributed by atoms with Crippen molar-refractivity contribution in [1.82, 2.24) is 0 Å². The van der Waals surface area contributed by atoms with E-state index in [-0.39, 0.29) is 0 Å². The van der Waals surface area contributed by atoms with E-state index in [4.69, 9.17) is 4.74 Å². The highest BCUT2D eigenvalue weighted by atomic mass is 79.9. The maximum atomic E-state index is 9.95. The predicted molar refractivity (Wildman–Crippen MR) is 75.9 cm³/mol. The van der Waals surface area contributed by atoms with Crippen LogP contribution in [0.4, 0.5) is 0 Å². The molecule has 0 aliphatic heterocycles. The van der Waals surface area contributed by atoms with Gasteiger partial charge in [0.15, 0.2) is 0 Å². The highest BCUT2D eigenvalue weighted by Crippen LogP contribution is 2.31. The van der Waals surface area contributed by atoms with Crippen molar-refractivity contribution >= 4 is 15.9 Å². The first kappa shape index (κ1) is 13.1. The quantitative estimate of drug-likeness (QED) is 0.888. The maximum absolute atomic E-state index is 9.95. The molecule has 2 rings (SSSR count). The van der Waals surface area contributed by atoms with Gasteiger partial charge in [0.25, 0.3) is 0 Å². The highest BCUT2D eigenvalue weighted by molar-refractivity contribution is 9.10. The van der Waals surface area contributed by atoms with Crippen molar-refractivity contribution in [1.29, 1.82) is 0 Å². The van der Waals surface area contributed by atoms with Crippen LogP contribution in [0.5, 0.6) is 11.5 Å². The van der Waals surface area contributed by atoms with E-state index < -0.39 is 6.10 Å². The van der Waals surface area contributed by atoms with Crippen LogP contribution in [0.1, 0.15) is 25.0 Å². The summed E-state index contributed by atoms with van der Waals surface area (Å²) < 4.78 is 6.79. The maximum Gasteiger partial charge on any atom is 0.133 e. The summed E-state index contributed by atoms with van der Waals surface area (Å²) in [5, 5.41) is 9.95. The van der Waals surface area contributed by atoms with Crippen LogP contribution < -0.4 is 4.74 Å². The van der Waals surface area contributed by atoms with Gasteiger partial charge in [0, 0.05) is 10.0 Å². The zero-order valence-electron chi connectivity index (χ0n) is 10.1. The van der Waals surface area contributed by atoms with E-state index in [1.807, 2.05) is 55.5 Å². The Kier molecular flexibility index (Phi) is 4.39. The molecule has 2 aromatic rings. The smallest absolute Gasteiger partial charge is 0.133 e. The summed E-state index contributed by atoms with van der Waals surface area (Å²) in [5.41, 5.74) is 0.819. The summed E-state index contributed by atoms with van der Waals surface area (Å²) in [5.74, 6) is 1.45. The Hall–Kier alpha value is -1.32. The van der Waals surface area contributed by atoms with E-state index in [0.717, 1.165) is 15.8 Å². The minimum absolute atomic E-state index is 0.492. The van der Waals surface area contributed by atoms with Gasteiger partial charge in [0.05, 0.1) is 6.10 Å². The zero-order valence-corrected chi connectivity index (χ0v) is 11.7. The lowest BCUT2D eigenvalue weighted by molar-refractivity contribution is 0.170. The first-order chi connectivity index (χ1) is 8.70. The van der Waals surface area contributed by atoms with Gasteiger partial charge < -0.3 is 9.84 Å². The molecule has 0 aliphatic rings. The summed E-state index contributed by atoms with van der Waals surface area (Å²) in [7, 11) is 0. The van der Waals surface area contributed by atoms with Crippen LogP contribution in [-0.2, 0) is 0 Å². The fraction of sp³-hybridized carbons (Fsp3) is 0.200. The molecule has 0 fully saturated rings. The van der Waals surface area contributed by atoms with Crippen LogP contribution in [0.15, 0.2) is 53.0 Å². The molecule has 1 N–H and O–H groups in total. The van der Waals surface area contributed by atoms with Gasteiger partial charge in [-0.1, -0.05) is 47.1 Å². The molecule has 3 heteroatoms. The van der Waals surface area contributed by atoms with Gasteiger partial charge in [0.2, 0.25) is 0 Å². The van der Waals surface area contributed by atoms with Gasteiger partial charge in [-0.05, 0) is 30.7 Å². The van der Waals surface area contributed by atoms with Crippen molar-refractivity contribution in [3.8, 4) is 11.5 Å². The molecular weight excluding hydrogens is 292 g/mol. The molecule has 2 aromatic carbocycles. The average Bonchev–Trinajstić information content (AvgIpc) is 2.38. The zero-order chi connectivity index (χ0) is 13.0. The summed E-state index contributed by atoms with van der Waals surface area (Å²) >= 11 is 3.41. The van der Waals surface area contributed by atoms with Crippen LogP contribution in [-0.4, -0.2) is 5.11 Å². The lowest BCUT2D eigenvalue weighted by Gasteiger charge is -2.14. The van der Waals surface area contributed by atoms with Crippen LogP contribution in [0.25, 0.3) is 0 Å². The van der Waals surface area contributed by atoms with Gasteiger partial charge >= 0.3 is 0 Å². The van der Waals surface area contributed by atoms with Crippen molar-refractivity contribution in [2.75, 3.05) is 0 Å². The number of ether oxygens (including phenoxy) is 1. The number of halogens is 1. The minimum Gasteiger partial charge on any atom is -0.457 e. The Labute approximate surface area is 115 Å². The topological polar surface area (TPSA) is 29.5 Å². The average molecular weight is 307 g/mol. The van der Waals surface area contributed by atoms with E-state index in [1.165, 1.54) is 0 Å². The molecule has 0 radical (unpaired) electrons. The summed E-state index contributed by atoms with van der Waals surface area (Å²) in [6.45, 7) is 1.94. The molecule has 1 unspecified atom stereocenters. The summed E-state index contributed by atoms with van der Waals surface area (Å²) in [4.78, 5) is 0. The summed E-state index contributed by atoms with van der Waals surface area (Å²) in [6.07, 6.45) is 0.173. The molecule has 0 amide bonds. The van der Waals surface area contributed by atoms with E-state index in [2.05, 4.69) is 15.9 Å². The summed E-state index contributed by atoms with van der Waals surface area (Å²) in [6, 6.07) is 15.2. The molecular formula is C15H15BrO2. The molecule has 0 saturated heterocycles. The number of aliphatic hydroxyl groups is 1. The van der Waals surface area contributed by atoms with Crippen LogP contribution >= 0.6 is 15.9 Å². The second kappa shape index (κ2) is 6.03. The number of para-hydroxylation sites is 1. The number of hydrogen-bond acceptors (Lipinski definition) is 2. The Morgan fingerprint density at radius 2 is 1.94 bits per heavy atom. The fourth-order valence-electron chi connectivity index (χ4n) is 1.73. The Morgan fingerprint density at radius 1 is 1.17 bits per heavy atom. The third-order valence-corrected chi connectivity index (χ3v) is 3.18. The van der Waals surface area contributed by atoms with E-state index >= 15 is 0 Å². The third kappa shape index (κ3) is 3.12. The van der Waals surface area contributed by atoms with Gasteiger partial charge in [0.1, 0.15) is 11.5 Å². The molecule has 0 saturated carbocycles. The largest absolute Gasteiger partial charge is 0.457 e. The molecule has 2 nitrogen and oxygen atoms in total. The number of rotatable bonds is 4. The van der Waals surface area contributed by atoms with Gasteiger partial charge in [-0.2, -0.15) is 0 Å². The second-order valence-corrected chi connectivity index (χ2v) is 4.94. The lowest BCUT2D eigenvalue weighted by Crippen LogP contribution is -1.98. The lowest BCUT2D eigenvalue weighted by atomic mass is 10.1. The van der Waals surface area contributed by atoms with Gasteiger partial charge in [-0.3, -0.25) is 0 Å². The van der Waals surface area contributed by atoms with E-state index in [1.54, 1.807) is 0 Å². The number of aliphatic hydroxyl groups excluding tert-OH is 1. The molecule has 94 valence electrons. The van der Waals surface area contributed by atoms with Crippen molar-refractivity contribution in [3.05, 3.63) is 58.6 Å². The minimum atomic E-state index is -0.492. The first-order valence-corrected chi connectivity index (χ1v) is 6.70. The number of benzene rings is 2. The molecule has 0 spiro atoms. The first-order valence-electron chi connectivity index (χ1n) is 5.91. The molecule has 0 aliphatic carbocycles. The fourth-order valence-corrected chi connectivity index (χ4v) is 2.10. The monoisotopic (exact) mass is 306 g/mol. The normalized spacial score (nSPS) is 12.2. The Morgan fingerprint density at radius 3 is 2.67 bits per heavy atom. The van der Waals surface area contributed by atoms with Gasteiger partial charge in [-0.25, -0.2) is 0 Å². The SMILES string of the molecule is CCC(O)c1ccccc1Oc1cccc(Br)c1. The Bertz CT molecular complexity index is 525. The molecule has 0 aromatic heterocycles. The molecule has 18 heavy (non-hydrogen) atoms.